The summed E-state index contributed by atoms with van der Waals surface area (Å²) in [6.45, 7) is 4.16. The summed E-state index contributed by atoms with van der Waals surface area (Å²) in [7, 11) is 1.86. The van der Waals surface area contributed by atoms with E-state index in [-0.39, 0.29) is 17.6 Å². The first kappa shape index (κ1) is 10.5. The molecule has 2 rings (SSSR count). The number of rotatable bonds is 3. The molecule has 4 nitrogen and oxygen atoms in total. The van der Waals surface area contributed by atoms with Gasteiger partial charge in [-0.1, -0.05) is 13.8 Å². The lowest BCUT2D eigenvalue weighted by atomic mass is 9.63. The van der Waals surface area contributed by atoms with Gasteiger partial charge in [0.2, 0.25) is 0 Å². The van der Waals surface area contributed by atoms with Crippen LogP contribution in [0.5, 0.6) is 5.75 Å². The molecular formula is C11H18N2O2. The molecule has 1 heterocycles. The van der Waals surface area contributed by atoms with Crippen LogP contribution in [0, 0.1) is 5.41 Å². The minimum absolute atomic E-state index is 0.101. The highest BCUT2D eigenvalue weighted by Gasteiger charge is 2.51. The van der Waals surface area contributed by atoms with Crippen LogP contribution in [0.4, 0.5) is 0 Å². The first-order valence-corrected chi connectivity index (χ1v) is 5.39. The van der Waals surface area contributed by atoms with E-state index in [1.165, 1.54) is 0 Å². The van der Waals surface area contributed by atoms with E-state index >= 15 is 0 Å². The number of hydrogen-bond donors (Lipinski definition) is 1. The van der Waals surface area contributed by atoms with Crippen molar-refractivity contribution in [1.29, 1.82) is 0 Å². The molecule has 84 valence electrons. The predicted molar refractivity (Wildman–Crippen MR) is 56.6 cm³/mol. The third-order valence-corrected chi connectivity index (χ3v) is 3.66. The fraction of sp³-hybridized carbons (Fsp3) is 0.727. The summed E-state index contributed by atoms with van der Waals surface area (Å²) in [6, 6.07) is 0. The molecule has 1 N–H and O–H groups in total. The number of ether oxygens (including phenoxy) is 1. The third kappa shape index (κ3) is 1.63. The maximum Gasteiger partial charge on any atom is 0.157 e. The van der Waals surface area contributed by atoms with Crippen molar-refractivity contribution in [2.45, 2.75) is 38.9 Å². The molecule has 1 saturated carbocycles. The van der Waals surface area contributed by atoms with Crippen LogP contribution in [-0.2, 0) is 7.05 Å². The second kappa shape index (κ2) is 3.52. The first-order valence-electron chi connectivity index (χ1n) is 5.39. The average Bonchev–Trinajstić information content (AvgIpc) is 2.62. The Morgan fingerprint density at radius 2 is 2.47 bits per heavy atom. The quantitative estimate of drug-likeness (QED) is 0.819. The van der Waals surface area contributed by atoms with Crippen LogP contribution >= 0.6 is 0 Å². The van der Waals surface area contributed by atoms with Gasteiger partial charge in [-0.15, -0.1) is 0 Å². The topological polar surface area (TPSA) is 47.3 Å². The molecule has 1 aromatic heterocycles. The van der Waals surface area contributed by atoms with Gasteiger partial charge in [-0.2, -0.15) is 5.10 Å². The molecule has 3 atom stereocenters. The molecule has 0 aliphatic heterocycles. The van der Waals surface area contributed by atoms with E-state index in [0.29, 0.717) is 0 Å². The van der Waals surface area contributed by atoms with E-state index < -0.39 is 0 Å². The molecule has 3 unspecified atom stereocenters. The van der Waals surface area contributed by atoms with Crippen molar-refractivity contribution in [2.75, 3.05) is 0 Å². The SMILES string of the molecule is CCC1(C)C(O)CC1Oc1cnn(C)c1. The highest BCUT2D eigenvalue weighted by molar-refractivity contribution is 5.15. The van der Waals surface area contributed by atoms with E-state index in [2.05, 4.69) is 18.9 Å². The Balaban J connectivity index is 2.02. The molecule has 0 saturated heterocycles. The van der Waals surface area contributed by atoms with Gasteiger partial charge in [0, 0.05) is 18.9 Å². The van der Waals surface area contributed by atoms with Gasteiger partial charge in [-0.3, -0.25) is 4.68 Å². The van der Waals surface area contributed by atoms with E-state index in [9.17, 15) is 5.11 Å². The first-order chi connectivity index (χ1) is 7.06. The number of nitrogens with zero attached hydrogens (tertiary/aromatic N) is 2. The Morgan fingerprint density at radius 3 is 2.93 bits per heavy atom. The molecular weight excluding hydrogens is 192 g/mol. The van der Waals surface area contributed by atoms with Crippen LogP contribution in [0.1, 0.15) is 26.7 Å². The molecule has 15 heavy (non-hydrogen) atoms. The summed E-state index contributed by atoms with van der Waals surface area (Å²) >= 11 is 0. The summed E-state index contributed by atoms with van der Waals surface area (Å²) in [5.41, 5.74) is -0.101. The van der Waals surface area contributed by atoms with E-state index in [0.717, 1.165) is 18.6 Å². The molecule has 0 amide bonds. The highest BCUT2D eigenvalue weighted by Crippen LogP contribution is 2.45. The zero-order valence-electron chi connectivity index (χ0n) is 9.47. The fourth-order valence-corrected chi connectivity index (χ4v) is 2.07. The standard InChI is InChI=1S/C11H18N2O2/c1-4-11(2)9(14)5-10(11)15-8-6-12-13(3)7-8/h6-7,9-10,14H,4-5H2,1-3H3. The van der Waals surface area contributed by atoms with Gasteiger partial charge in [0.1, 0.15) is 6.10 Å². The van der Waals surface area contributed by atoms with Gasteiger partial charge in [-0.05, 0) is 6.42 Å². The fourth-order valence-electron chi connectivity index (χ4n) is 2.07. The maximum absolute atomic E-state index is 9.72. The van der Waals surface area contributed by atoms with Gasteiger partial charge < -0.3 is 9.84 Å². The summed E-state index contributed by atoms with van der Waals surface area (Å²) in [6.07, 6.45) is 5.09. The minimum atomic E-state index is -0.232. The molecule has 1 aliphatic rings. The third-order valence-electron chi connectivity index (χ3n) is 3.66. The molecule has 1 aromatic rings. The van der Waals surface area contributed by atoms with Crippen LogP contribution in [0.15, 0.2) is 12.4 Å². The van der Waals surface area contributed by atoms with Gasteiger partial charge in [0.15, 0.2) is 5.75 Å². The lowest BCUT2D eigenvalue weighted by Gasteiger charge is -2.50. The zero-order chi connectivity index (χ0) is 11.1. The highest BCUT2D eigenvalue weighted by atomic mass is 16.5. The van der Waals surface area contributed by atoms with Crippen molar-refractivity contribution in [1.82, 2.24) is 9.78 Å². The summed E-state index contributed by atoms with van der Waals surface area (Å²) in [4.78, 5) is 0. The average molecular weight is 210 g/mol. The Labute approximate surface area is 89.9 Å². The van der Waals surface area contributed by atoms with Gasteiger partial charge >= 0.3 is 0 Å². The number of aromatic nitrogens is 2. The molecule has 0 radical (unpaired) electrons. The monoisotopic (exact) mass is 210 g/mol. The second-order valence-corrected chi connectivity index (χ2v) is 4.57. The minimum Gasteiger partial charge on any atom is -0.486 e. The van der Waals surface area contributed by atoms with Crippen molar-refractivity contribution in [3.05, 3.63) is 12.4 Å². The normalized spacial score (nSPS) is 34.9. The predicted octanol–water partition coefficient (Wildman–Crippen LogP) is 1.35. The summed E-state index contributed by atoms with van der Waals surface area (Å²) in [5, 5.41) is 13.8. The summed E-state index contributed by atoms with van der Waals surface area (Å²) < 4.78 is 7.52. The molecule has 0 spiro atoms. The van der Waals surface area contributed by atoms with Crippen LogP contribution < -0.4 is 4.74 Å². The molecule has 1 fully saturated rings. The largest absolute Gasteiger partial charge is 0.486 e. The van der Waals surface area contributed by atoms with Crippen molar-refractivity contribution in [2.24, 2.45) is 12.5 Å². The lowest BCUT2D eigenvalue weighted by Crippen LogP contribution is -2.57. The molecule has 0 bridgehead atoms. The Hall–Kier alpha value is -1.03. The van der Waals surface area contributed by atoms with E-state index in [1.54, 1.807) is 10.9 Å². The van der Waals surface area contributed by atoms with E-state index in [1.807, 2.05) is 13.2 Å². The maximum atomic E-state index is 9.72. The Morgan fingerprint density at radius 1 is 1.73 bits per heavy atom. The molecule has 1 aliphatic carbocycles. The second-order valence-electron chi connectivity index (χ2n) is 4.57. The number of aryl methyl sites for hydroxylation is 1. The van der Waals surface area contributed by atoms with E-state index in [4.69, 9.17) is 4.74 Å². The van der Waals surface area contributed by atoms with Crippen LogP contribution in [0.3, 0.4) is 0 Å². The van der Waals surface area contributed by atoms with Crippen LogP contribution in [-0.4, -0.2) is 27.1 Å². The van der Waals surface area contributed by atoms with Crippen molar-refractivity contribution in [3.8, 4) is 5.75 Å². The number of aliphatic hydroxyl groups excluding tert-OH is 1. The van der Waals surface area contributed by atoms with Crippen LogP contribution in [0.25, 0.3) is 0 Å². The Bertz CT molecular complexity index is 350. The number of aliphatic hydroxyl groups is 1. The van der Waals surface area contributed by atoms with Crippen molar-refractivity contribution >= 4 is 0 Å². The van der Waals surface area contributed by atoms with Gasteiger partial charge in [-0.25, -0.2) is 0 Å². The molecule has 0 aromatic carbocycles. The summed E-state index contributed by atoms with van der Waals surface area (Å²) in [5.74, 6) is 0.786. The number of hydrogen-bond acceptors (Lipinski definition) is 3. The molecule has 4 heteroatoms. The zero-order valence-corrected chi connectivity index (χ0v) is 9.47. The van der Waals surface area contributed by atoms with Gasteiger partial charge in [0.25, 0.3) is 0 Å². The van der Waals surface area contributed by atoms with Crippen molar-refractivity contribution < 1.29 is 9.84 Å². The van der Waals surface area contributed by atoms with Gasteiger partial charge in [0.05, 0.1) is 18.5 Å². The van der Waals surface area contributed by atoms with Crippen molar-refractivity contribution in [3.63, 3.8) is 0 Å². The Kier molecular flexibility index (Phi) is 2.46. The van der Waals surface area contributed by atoms with Crippen LogP contribution in [0.2, 0.25) is 0 Å². The smallest absolute Gasteiger partial charge is 0.157 e. The lowest BCUT2D eigenvalue weighted by molar-refractivity contribution is -0.147.